The fourth-order valence-corrected chi connectivity index (χ4v) is 0.761. The van der Waals surface area contributed by atoms with Crippen molar-refractivity contribution in [1.29, 1.82) is 0 Å². The molecule has 6 heavy (non-hydrogen) atoms. The highest BCUT2D eigenvalue weighted by atomic mass is 35.7. The van der Waals surface area contributed by atoms with Crippen LogP contribution in [0, 0.1) is 0 Å². The maximum absolute atomic E-state index is 9.94. The van der Waals surface area contributed by atoms with Crippen molar-refractivity contribution >= 4 is 28.5 Å². The Kier molecular flexibility index (Phi) is 4.33. The monoisotopic (exact) mass is 145 g/mol. The van der Waals surface area contributed by atoms with Crippen LogP contribution < -0.4 is 0 Å². The predicted octanol–water partition coefficient (Wildman–Crippen LogP) is 2.18. The Morgan fingerprint density at radius 2 is 2.50 bits per heavy atom. The van der Waals surface area contributed by atoms with Gasteiger partial charge in [-0.05, 0) is 4.57 Å². The van der Waals surface area contributed by atoms with Crippen LogP contribution >= 0.6 is 28.5 Å². The van der Waals surface area contributed by atoms with Crippen LogP contribution in [0.15, 0.2) is 0 Å². The van der Waals surface area contributed by atoms with Gasteiger partial charge in [-0.3, -0.25) is 0 Å². The van der Waals surface area contributed by atoms with Gasteiger partial charge in [-0.15, -0.1) is 4.52 Å². The summed E-state index contributed by atoms with van der Waals surface area (Å²) in [4.78, 5) is 0. The van der Waals surface area contributed by atoms with E-state index >= 15 is 0 Å². The van der Waals surface area contributed by atoms with Crippen molar-refractivity contribution in [2.24, 2.45) is 0 Å². The van der Waals surface area contributed by atoms with Crippen molar-refractivity contribution in [3.63, 3.8) is 0 Å². The van der Waals surface area contributed by atoms with Crippen LogP contribution in [0.1, 0.15) is 0 Å². The van der Waals surface area contributed by atoms with E-state index in [9.17, 15) is 4.57 Å². The summed E-state index contributed by atoms with van der Waals surface area (Å²) >= 11 is 0. The van der Waals surface area contributed by atoms with Crippen molar-refractivity contribution in [1.82, 2.24) is 0 Å². The summed E-state index contributed by atoms with van der Waals surface area (Å²) < 4.78 is 14.2. The second-order valence-electron chi connectivity index (χ2n) is 0.475. The minimum Gasteiger partial charge on any atom is -0.139 e. The Hall–Kier alpha value is 0.700. The first-order valence-corrected chi connectivity index (χ1v) is 4.54. The zero-order valence-electron chi connectivity index (χ0n) is 3.05. The van der Waals surface area contributed by atoms with Crippen LogP contribution in [0.25, 0.3) is 0 Å². The molecule has 0 saturated heterocycles. The van der Waals surface area contributed by atoms with E-state index in [1.165, 1.54) is 7.11 Å². The molecular weight excluding hydrogens is 143 g/mol. The number of hydrogen-bond donors (Lipinski definition) is 0. The third-order valence-corrected chi connectivity index (χ3v) is 2.42. The molecule has 0 aromatic rings. The highest BCUT2D eigenvalue weighted by molar-refractivity contribution is 8.62. The average molecular weight is 146 g/mol. The molecule has 0 amide bonds. The van der Waals surface area contributed by atoms with Gasteiger partial charge in [0.2, 0.25) is 0 Å². The first-order valence-electron chi connectivity index (χ1n) is 1.11. The maximum Gasteiger partial charge on any atom is 0.602 e. The predicted molar refractivity (Wildman–Crippen MR) is 28.1 cm³/mol. The summed E-state index contributed by atoms with van der Waals surface area (Å²) in [6, 6.07) is 0. The summed E-state index contributed by atoms with van der Waals surface area (Å²) in [7, 11) is 5.34. The Morgan fingerprint density at radius 3 is 2.50 bits per heavy atom. The van der Waals surface area contributed by atoms with E-state index in [2.05, 4.69) is 4.52 Å². The maximum atomic E-state index is 9.94. The van der Waals surface area contributed by atoms with Crippen molar-refractivity contribution in [3.8, 4) is 0 Å². The third-order valence-electron chi connectivity index (χ3n) is 0.205. The molecule has 0 rings (SSSR count). The second kappa shape index (κ2) is 3.88. The lowest BCUT2D eigenvalue weighted by molar-refractivity contribution is 0.429. The smallest absolute Gasteiger partial charge is 0.139 e. The van der Waals surface area contributed by atoms with Gasteiger partial charge in [0.25, 0.3) is 10.6 Å². The Bertz CT molecular complexity index is 51.5. The largest absolute Gasteiger partial charge is 0.602 e. The summed E-state index contributed by atoms with van der Waals surface area (Å²) in [6.45, 7) is 0. The summed E-state index contributed by atoms with van der Waals surface area (Å²) in [5.41, 5.74) is 0. The summed E-state index contributed by atoms with van der Waals surface area (Å²) in [6.07, 6.45) is 0. The van der Waals surface area contributed by atoms with E-state index in [0.717, 1.165) is 0 Å². The number of rotatable bonds is 2. The second-order valence-corrected chi connectivity index (χ2v) is 3.98. The van der Waals surface area contributed by atoms with Gasteiger partial charge in [-0.25, -0.2) is 0 Å². The Morgan fingerprint density at radius 1 is 2.00 bits per heavy atom. The minimum atomic E-state index is -1.64. The molecule has 0 radical (unpaired) electrons. The molecule has 0 N–H and O–H groups in total. The van der Waals surface area contributed by atoms with Crippen LogP contribution in [0.5, 0.6) is 0 Å². The van der Waals surface area contributed by atoms with E-state index in [-0.39, 0.29) is 0 Å². The van der Waals surface area contributed by atoms with E-state index < -0.39 is 7.23 Å². The van der Waals surface area contributed by atoms with Gasteiger partial charge in [0.05, 0.1) is 7.11 Å². The molecule has 0 bridgehead atoms. The van der Waals surface area contributed by atoms with E-state index in [4.69, 9.17) is 10.7 Å². The van der Waals surface area contributed by atoms with E-state index in [1.54, 1.807) is 0 Å². The fraction of sp³-hybridized carbons (Fsp3) is 1.00. The third kappa shape index (κ3) is 2.91. The lowest BCUT2D eigenvalue weighted by Crippen LogP contribution is -1.52. The number of halogens is 1. The van der Waals surface area contributed by atoms with E-state index in [1.807, 2.05) is 0 Å². The molecule has 36 valence electrons. The first-order chi connectivity index (χ1) is 2.81. The van der Waals surface area contributed by atoms with Crippen LogP contribution in [-0.2, 0) is 9.09 Å². The zero-order chi connectivity index (χ0) is 4.99. The quantitative estimate of drug-likeness (QED) is 0.557. The van der Waals surface area contributed by atoms with Gasteiger partial charge < -0.3 is 0 Å². The van der Waals surface area contributed by atoms with Crippen molar-refractivity contribution in [3.05, 3.63) is 0 Å². The van der Waals surface area contributed by atoms with Gasteiger partial charge >= 0.3 is 7.23 Å². The molecule has 0 fully saturated rings. The molecule has 0 aliphatic rings. The molecule has 1 unspecified atom stereocenters. The number of hydrogen-bond acceptors (Lipinski definition) is 3. The molecule has 0 saturated carbocycles. The molecular formula is CH3ClO2PS+. The molecule has 0 heterocycles. The average Bonchev–Trinajstić information content (AvgIpc) is 1.65. The topological polar surface area (TPSA) is 26.3 Å². The van der Waals surface area contributed by atoms with Gasteiger partial charge in [0, 0.05) is 10.7 Å². The first kappa shape index (κ1) is 6.70. The highest BCUT2D eigenvalue weighted by Crippen LogP contribution is 2.40. The van der Waals surface area contributed by atoms with Gasteiger partial charge in [-0.1, -0.05) is 0 Å². The van der Waals surface area contributed by atoms with Crippen molar-refractivity contribution in [2.75, 3.05) is 7.11 Å². The molecule has 0 aromatic heterocycles. The van der Waals surface area contributed by atoms with Crippen LogP contribution in [0.4, 0.5) is 0 Å². The molecule has 1 atom stereocenters. The lowest BCUT2D eigenvalue weighted by atomic mass is 11.8. The van der Waals surface area contributed by atoms with Crippen molar-refractivity contribution in [2.45, 2.75) is 0 Å². The summed E-state index contributed by atoms with van der Waals surface area (Å²) in [5.74, 6) is 0. The molecule has 5 heteroatoms. The van der Waals surface area contributed by atoms with Crippen LogP contribution in [-0.4, -0.2) is 7.11 Å². The molecule has 0 aliphatic carbocycles. The van der Waals surface area contributed by atoms with Crippen LogP contribution in [0.3, 0.4) is 0 Å². The fourth-order valence-electron chi connectivity index (χ4n) is 0.0282. The molecule has 0 spiro atoms. The lowest BCUT2D eigenvalue weighted by Gasteiger charge is -1.62. The van der Waals surface area contributed by atoms with E-state index in [0.29, 0.717) is 10.6 Å². The molecule has 0 aliphatic heterocycles. The standard InChI is InChI=1S/CH3ClO2PS/c1-4-5(3)6-2/h1H3/q+1. The van der Waals surface area contributed by atoms with Crippen LogP contribution in [0.2, 0.25) is 0 Å². The van der Waals surface area contributed by atoms with Crippen molar-refractivity contribution < 1.29 is 9.09 Å². The van der Waals surface area contributed by atoms with Gasteiger partial charge in [0.1, 0.15) is 0 Å². The zero-order valence-corrected chi connectivity index (χ0v) is 5.52. The normalized spacial score (nSPS) is 11.3. The Balaban J connectivity index is 2.99. The summed E-state index contributed by atoms with van der Waals surface area (Å²) in [5, 5.41) is 0. The minimum absolute atomic E-state index is 0.684. The van der Waals surface area contributed by atoms with Gasteiger partial charge in [0.15, 0.2) is 0 Å². The SMILES string of the molecule is CO[P+](=O)SCl. The molecule has 0 aromatic carbocycles. The van der Waals surface area contributed by atoms with Gasteiger partial charge in [-0.2, -0.15) is 0 Å². The highest BCUT2D eigenvalue weighted by Gasteiger charge is 2.13. The molecule has 2 nitrogen and oxygen atoms in total. The Labute approximate surface area is 45.3 Å².